The van der Waals surface area contributed by atoms with Gasteiger partial charge in [0, 0.05) is 26.2 Å². The molecule has 1 aromatic heterocycles. The van der Waals surface area contributed by atoms with Crippen molar-refractivity contribution in [1.82, 2.24) is 9.47 Å². The number of hydrogen-bond donors (Lipinski definition) is 0. The number of hydrogen-bond acceptors (Lipinski definition) is 6. The maximum absolute atomic E-state index is 13.2. The lowest BCUT2D eigenvalue weighted by atomic mass is 10.0. The molecule has 172 valence electrons. The van der Waals surface area contributed by atoms with E-state index in [-0.39, 0.29) is 29.4 Å². The second-order valence-corrected chi connectivity index (χ2v) is 9.56. The summed E-state index contributed by atoms with van der Waals surface area (Å²) in [5, 5.41) is 9.57. The van der Waals surface area contributed by atoms with E-state index < -0.39 is 0 Å². The van der Waals surface area contributed by atoms with Gasteiger partial charge in [0.2, 0.25) is 0 Å². The first-order valence-electron chi connectivity index (χ1n) is 10.5. The van der Waals surface area contributed by atoms with Crippen molar-refractivity contribution in [3.8, 4) is 6.07 Å². The zero-order valence-electron chi connectivity index (χ0n) is 19.0. The van der Waals surface area contributed by atoms with Crippen LogP contribution in [0.1, 0.15) is 42.0 Å². The summed E-state index contributed by atoms with van der Waals surface area (Å²) in [7, 11) is 3.53. The molecule has 2 heterocycles. The van der Waals surface area contributed by atoms with E-state index in [0.29, 0.717) is 26.2 Å². The smallest absolute Gasteiger partial charge is 0.270 e. The molecule has 0 radical (unpaired) electrons. The van der Waals surface area contributed by atoms with Gasteiger partial charge in [-0.25, -0.2) is 4.39 Å². The first-order valence-corrected chi connectivity index (χ1v) is 11.8. The minimum Gasteiger partial charge on any atom is -0.360 e. The number of carbonyl (C=O) groups is 1. The maximum Gasteiger partial charge on any atom is 0.270 e. The summed E-state index contributed by atoms with van der Waals surface area (Å²) >= 11 is 6.62. The number of benzene rings is 1. The third kappa shape index (κ3) is 5.02. The highest BCUT2D eigenvalue weighted by atomic mass is 32.2. The summed E-state index contributed by atoms with van der Waals surface area (Å²) in [4.78, 5) is 29.8. The molecule has 0 bridgehead atoms. The second-order valence-electron chi connectivity index (χ2n) is 7.88. The van der Waals surface area contributed by atoms with Gasteiger partial charge in [-0.05, 0) is 42.7 Å². The van der Waals surface area contributed by atoms with Gasteiger partial charge >= 0.3 is 0 Å². The van der Waals surface area contributed by atoms with Crippen molar-refractivity contribution in [3.05, 3.63) is 67.6 Å². The van der Waals surface area contributed by atoms with E-state index in [0.717, 1.165) is 24.9 Å². The number of amides is 1. The number of halogens is 1. The highest BCUT2D eigenvalue weighted by molar-refractivity contribution is 8.26. The topological polar surface area (TPSA) is 69.3 Å². The maximum atomic E-state index is 13.2. The molecule has 1 fully saturated rings. The van der Waals surface area contributed by atoms with Crippen molar-refractivity contribution in [2.75, 3.05) is 18.5 Å². The molecular formula is C24H25FN4O2S2. The van der Waals surface area contributed by atoms with Crippen LogP contribution in [0.3, 0.4) is 0 Å². The van der Waals surface area contributed by atoms with Crippen LogP contribution in [0.5, 0.6) is 0 Å². The number of thioether (sulfide) groups is 1. The molecule has 9 heteroatoms. The molecule has 2 aromatic rings. The van der Waals surface area contributed by atoms with Gasteiger partial charge < -0.3 is 4.90 Å². The Bertz CT molecular complexity index is 1230. The lowest BCUT2D eigenvalue weighted by molar-refractivity contribution is -0.122. The van der Waals surface area contributed by atoms with Crippen LogP contribution in [-0.2, 0) is 18.4 Å². The number of aromatic nitrogens is 1. The van der Waals surface area contributed by atoms with E-state index >= 15 is 0 Å². The van der Waals surface area contributed by atoms with E-state index in [2.05, 4.69) is 6.92 Å². The first-order chi connectivity index (χ1) is 15.7. The number of nitrogens with zero attached hydrogens (tertiary/aromatic N) is 4. The predicted octanol–water partition coefficient (Wildman–Crippen LogP) is 4.34. The first kappa shape index (κ1) is 24.7. The Morgan fingerprint density at radius 3 is 2.55 bits per heavy atom. The van der Waals surface area contributed by atoms with Crippen LogP contribution >= 0.6 is 24.0 Å². The molecule has 0 atom stereocenters. The lowest BCUT2D eigenvalue weighted by Crippen LogP contribution is -2.31. The predicted molar refractivity (Wildman–Crippen MR) is 134 cm³/mol. The molecule has 0 unspecified atom stereocenters. The molecule has 1 aliphatic rings. The summed E-state index contributed by atoms with van der Waals surface area (Å²) in [5.74, 6) is 0.0409. The number of thiocarbonyl (C=S) groups is 1. The molecular weight excluding hydrogens is 459 g/mol. The Morgan fingerprint density at radius 1 is 1.27 bits per heavy atom. The minimum atomic E-state index is -0.366. The monoisotopic (exact) mass is 484 g/mol. The van der Waals surface area contributed by atoms with Gasteiger partial charge in [0.15, 0.2) is 0 Å². The molecule has 0 saturated carbocycles. The molecule has 1 amide bonds. The van der Waals surface area contributed by atoms with E-state index in [1.54, 1.807) is 32.2 Å². The number of anilines is 1. The van der Waals surface area contributed by atoms with Crippen LogP contribution in [0, 0.1) is 24.1 Å². The van der Waals surface area contributed by atoms with Crippen LogP contribution in [-0.4, -0.2) is 33.3 Å². The van der Waals surface area contributed by atoms with Crippen molar-refractivity contribution < 1.29 is 9.18 Å². The Balaban J connectivity index is 2.06. The lowest BCUT2D eigenvalue weighted by Gasteiger charge is -2.25. The molecule has 0 spiro atoms. The third-order valence-corrected chi connectivity index (χ3v) is 6.96. The Morgan fingerprint density at radius 2 is 1.94 bits per heavy atom. The molecule has 33 heavy (non-hydrogen) atoms. The van der Waals surface area contributed by atoms with Gasteiger partial charge in [-0.15, -0.1) is 0 Å². The van der Waals surface area contributed by atoms with Gasteiger partial charge in [-0.3, -0.25) is 19.1 Å². The highest BCUT2D eigenvalue weighted by Gasteiger charge is 2.33. The quantitative estimate of drug-likeness (QED) is 0.430. The van der Waals surface area contributed by atoms with Gasteiger partial charge in [-0.1, -0.05) is 49.5 Å². The SMILES string of the molecule is CCCCN(C)c1c(C=C2SC(=S)N(Cc3ccc(F)cc3)C2=O)c(C)c(C#N)c(=O)n1C. The average molecular weight is 485 g/mol. The Hall–Kier alpha value is -2.96. The van der Waals surface area contributed by atoms with Crippen LogP contribution in [0.4, 0.5) is 10.2 Å². The largest absolute Gasteiger partial charge is 0.360 e. The zero-order chi connectivity index (χ0) is 24.3. The van der Waals surface area contributed by atoms with Gasteiger partial charge in [0.25, 0.3) is 11.5 Å². The molecule has 1 saturated heterocycles. The van der Waals surface area contributed by atoms with Crippen molar-refractivity contribution in [3.63, 3.8) is 0 Å². The fourth-order valence-electron chi connectivity index (χ4n) is 3.71. The van der Waals surface area contributed by atoms with Gasteiger partial charge in [0.05, 0.1) is 11.4 Å². The van der Waals surface area contributed by atoms with Crippen molar-refractivity contribution in [2.45, 2.75) is 33.2 Å². The summed E-state index contributed by atoms with van der Waals surface area (Å²) in [6, 6.07) is 7.94. The van der Waals surface area contributed by atoms with Crippen molar-refractivity contribution >= 4 is 46.1 Å². The van der Waals surface area contributed by atoms with Crippen molar-refractivity contribution in [1.29, 1.82) is 5.26 Å². The fraction of sp³-hybridized carbons (Fsp3) is 0.333. The number of nitriles is 1. The van der Waals surface area contributed by atoms with Crippen LogP contribution in [0.15, 0.2) is 34.0 Å². The highest BCUT2D eigenvalue weighted by Crippen LogP contribution is 2.36. The normalized spacial score (nSPS) is 14.8. The fourth-order valence-corrected chi connectivity index (χ4v) is 4.95. The summed E-state index contributed by atoms with van der Waals surface area (Å²) < 4.78 is 15.1. The molecule has 3 rings (SSSR count). The summed E-state index contributed by atoms with van der Waals surface area (Å²) in [6.07, 6.45) is 3.64. The standard InChI is InChI=1S/C24H25FN4O2S2/c1-5-6-11-27(3)21-18(15(2)19(13-26)22(30)28(21)4)12-20-23(31)29(24(32)33-20)14-16-7-9-17(25)10-8-16/h7-10,12H,5-6,11,14H2,1-4H3. The van der Waals surface area contributed by atoms with Crippen LogP contribution in [0.25, 0.3) is 6.08 Å². The third-order valence-electron chi connectivity index (χ3n) is 5.58. The van der Waals surface area contributed by atoms with Crippen LogP contribution < -0.4 is 10.5 Å². The minimum absolute atomic E-state index is 0.0539. The number of pyridine rings is 1. The Kier molecular flexibility index (Phi) is 7.72. The summed E-state index contributed by atoms with van der Waals surface area (Å²) in [6.45, 7) is 4.77. The number of rotatable bonds is 7. The Labute approximate surface area is 202 Å². The molecule has 1 aliphatic heterocycles. The van der Waals surface area contributed by atoms with E-state index in [4.69, 9.17) is 12.2 Å². The molecule has 0 aliphatic carbocycles. The van der Waals surface area contributed by atoms with Gasteiger partial charge in [-0.2, -0.15) is 5.26 Å². The second kappa shape index (κ2) is 10.3. The molecule has 1 aromatic carbocycles. The molecule has 6 nitrogen and oxygen atoms in total. The van der Waals surface area contributed by atoms with Crippen molar-refractivity contribution in [2.24, 2.45) is 7.05 Å². The number of unbranched alkanes of at least 4 members (excludes halogenated alkanes) is 1. The number of carbonyl (C=O) groups excluding carboxylic acids is 1. The zero-order valence-corrected chi connectivity index (χ0v) is 20.6. The average Bonchev–Trinajstić information content (AvgIpc) is 3.05. The van der Waals surface area contributed by atoms with E-state index in [1.165, 1.54) is 33.4 Å². The van der Waals surface area contributed by atoms with Gasteiger partial charge in [0.1, 0.15) is 27.6 Å². The van der Waals surface area contributed by atoms with E-state index in [9.17, 15) is 19.2 Å². The molecule has 0 N–H and O–H groups in total. The van der Waals surface area contributed by atoms with Crippen LogP contribution in [0.2, 0.25) is 0 Å². The summed E-state index contributed by atoms with van der Waals surface area (Å²) in [5.41, 5.74) is 1.63. The van der Waals surface area contributed by atoms with E-state index in [1.807, 2.05) is 18.0 Å².